The van der Waals surface area contributed by atoms with E-state index in [4.69, 9.17) is 4.74 Å². The van der Waals surface area contributed by atoms with Gasteiger partial charge in [0.1, 0.15) is 0 Å². The quantitative estimate of drug-likeness (QED) is 0.755. The van der Waals surface area contributed by atoms with E-state index >= 15 is 0 Å². The minimum atomic E-state index is 0.738. The summed E-state index contributed by atoms with van der Waals surface area (Å²) in [5, 5.41) is 3.70. The average molecular weight is 261 g/mol. The second kappa shape index (κ2) is 8.34. The lowest BCUT2D eigenvalue weighted by Crippen LogP contribution is -2.33. The molecule has 2 nitrogen and oxygen atoms in total. The van der Waals surface area contributed by atoms with Crippen molar-refractivity contribution in [2.75, 3.05) is 20.3 Å². The molecule has 106 valence electrons. The van der Waals surface area contributed by atoms with Crippen LogP contribution in [0.2, 0.25) is 0 Å². The molecular formula is C17H27NO. The van der Waals surface area contributed by atoms with E-state index in [0.717, 1.165) is 25.1 Å². The maximum Gasteiger partial charge on any atom is 0.0462 e. The molecule has 19 heavy (non-hydrogen) atoms. The van der Waals surface area contributed by atoms with Crippen molar-refractivity contribution in [3.8, 4) is 0 Å². The fourth-order valence-corrected chi connectivity index (χ4v) is 3.03. The Bertz CT molecular complexity index is 330. The van der Waals surface area contributed by atoms with E-state index < -0.39 is 0 Å². The van der Waals surface area contributed by atoms with Crippen molar-refractivity contribution in [3.63, 3.8) is 0 Å². The number of benzene rings is 1. The third-order valence-corrected chi connectivity index (χ3v) is 4.21. The molecule has 1 aromatic carbocycles. The first-order valence-electron chi connectivity index (χ1n) is 7.67. The standard InChI is InChI=1S/C17H27NO/c1-19-14-6-5-13-18-17-11-9-16(10-12-17)15-7-3-2-4-8-15/h2-4,7-8,16-18H,5-6,9-14H2,1H3. The third-order valence-electron chi connectivity index (χ3n) is 4.21. The second-order valence-corrected chi connectivity index (χ2v) is 5.61. The summed E-state index contributed by atoms with van der Waals surface area (Å²) in [5.41, 5.74) is 1.53. The summed E-state index contributed by atoms with van der Waals surface area (Å²) in [6, 6.07) is 11.7. The van der Waals surface area contributed by atoms with Crippen LogP contribution in [0.3, 0.4) is 0 Å². The highest BCUT2D eigenvalue weighted by Crippen LogP contribution is 2.32. The summed E-state index contributed by atoms with van der Waals surface area (Å²) in [6.07, 6.45) is 7.71. The van der Waals surface area contributed by atoms with Gasteiger partial charge in [0.15, 0.2) is 0 Å². The van der Waals surface area contributed by atoms with Gasteiger partial charge in [-0.2, -0.15) is 0 Å². The van der Waals surface area contributed by atoms with Gasteiger partial charge in [-0.25, -0.2) is 0 Å². The minimum Gasteiger partial charge on any atom is -0.385 e. The summed E-state index contributed by atoms with van der Waals surface area (Å²) < 4.78 is 5.07. The van der Waals surface area contributed by atoms with Gasteiger partial charge in [0.05, 0.1) is 0 Å². The summed E-state index contributed by atoms with van der Waals surface area (Å²) in [5.74, 6) is 0.785. The molecule has 0 bridgehead atoms. The molecule has 0 aliphatic heterocycles. The third kappa shape index (κ3) is 4.96. The van der Waals surface area contributed by atoms with E-state index in [-0.39, 0.29) is 0 Å². The van der Waals surface area contributed by atoms with Gasteiger partial charge in [0.2, 0.25) is 0 Å². The van der Waals surface area contributed by atoms with Crippen LogP contribution >= 0.6 is 0 Å². The van der Waals surface area contributed by atoms with Crippen molar-refractivity contribution in [1.29, 1.82) is 0 Å². The van der Waals surface area contributed by atoms with E-state index in [1.807, 2.05) is 0 Å². The smallest absolute Gasteiger partial charge is 0.0462 e. The molecule has 0 saturated heterocycles. The van der Waals surface area contributed by atoms with Crippen molar-refractivity contribution in [1.82, 2.24) is 5.32 Å². The van der Waals surface area contributed by atoms with Gasteiger partial charge in [0.25, 0.3) is 0 Å². The zero-order valence-corrected chi connectivity index (χ0v) is 12.1. The molecule has 0 amide bonds. The Balaban J connectivity index is 1.63. The first-order chi connectivity index (χ1) is 9.40. The highest BCUT2D eigenvalue weighted by Gasteiger charge is 2.21. The van der Waals surface area contributed by atoms with Gasteiger partial charge in [-0.1, -0.05) is 30.3 Å². The van der Waals surface area contributed by atoms with Crippen molar-refractivity contribution < 1.29 is 4.74 Å². The number of nitrogens with one attached hydrogen (secondary N) is 1. The molecule has 0 heterocycles. The monoisotopic (exact) mass is 261 g/mol. The molecule has 0 atom stereocenters. The Morgan fingerprint density at radius 2 is 1.79 bits per heavy atom. The molecule has 1 fully saturated rings. The van der Waals surface area contributed by atoms with Gasteiger partial charge in [0, 0.05) is 19.8 Å². The van der Waals surface area contributed by atoms with Crippen molar-refractivity contribution >= 4 is 0 Å². The Morgan fingerprint density at radius 1 is 1.05 bits per heavy atom. The molecular weight excluding hydrogens is 234 g/mol. The van der Waals surface area contributed by atoms with E-state index in [2.05, 4.69) is 35.6 Å². The fraction of sp³-hybridized carbons (Fsp3) is 0.647. The van der Waals surface area contributed by atoms with E-state index in [0.29, 0.717) is 0 Å². The summed E-state index contributed by atoms with van der Waals surface area (Å²) in [7, 11) is 1.78. The van der Waals surface area contributed by atoms with Crippen LogP contribution in [0.1, 0.15) is 50.0 Å². The van der Waals surface area contributed by atoms with E-state index in [1.54, 1.807) is 7.11 Å². The van der Waals surface area contributed by atoms with Crippen molar-refractivity contribution in [3.05, 3.63) is 35.9 Å². The highest BCUT2D eigenvalue weighted by atomic mass is 16.5. The lowest BCUT2D eigenvalue weighted by molar-refractivity contribution is 0.192. The Kier molecular flexibility index (Phi) is 6.38. The van der Waals surface area contributed by atoms with E-state index in [1.165, 1.54) is 44.1 Å². The molecule has 0 spiro atoms. The number of ether oxygens (including phenoxy) is 1. The number of methoxy groups -OCH3 is 1. The molecule has 1 aliphatic rings. The zero-order valence-electron chi connectivity index (χ0n) is 12.1. The minimum absolute atomic E-state index is 0.738. The largest absolute Gasteiger partial charge is 0.385 e. The number of unbranched alkanes of at least 4 members (excludes halogenated alkanes) is 1. The molecule has 0 radical (unpaired) electrons. The van der Waals surface area contributed by atoms with Crippen molar-refractivity contribution in [2.45, 2.75) is 50.5 Å². The lowest BCUT2D eigenvalue weighted by atomic mass is 9.82. The van der Waals surface area contributed by atoms with Gasteiger partial charge >= 0.3 is 0 Å². The van der Waals surface area contributed by atoms with Crippen LogP contribution in [0, 0.1) is 0 Å². The number of hydrogen-bond acceptors (Lipinski definition) is 2. The van der Waals surface area contributed by atoms with Crippen LogP contribution in [0.15, 0.2) is 30.3 Å². The molecule has 1 aromatic rings. The average Bonchev–Trinajstić information content (AvgIpc) is 2.49. The number of hydrogen-bond donors (Lipinski definition) is 1. The SMILES string of the molecule is COCCCCNC1CCC(c2ccccc2)CC1. The van der Waals surface area contributed by atoms with Gasteiger partial charge in [-0.05, 0) is 56.6 Å². The summed E-state index contributed by atoms with van der Waals surface area (Å²) in [6.45, 7) is 2.03. The van der Waals surface area contributed by atoms with Gasteiger partial charge in [-0.3, -0.25) is 0 Å². The molecule has 0 aromatic heterocycles. The van der Waals surface area contributed by atoms with E-state index in [9.17, 15) is 0 Å². The van der Waals surface area contributed by atoms with Crippen LogP contribution in [-0.2, 0) is 4.74 Å². The van der Waals surface area contributed by atoms with Crippen molar-refractivity contribution in [2.24, 2.45) is 0 Å². The van der Waals surface area contributed by atoms with Crippen LogP contribution < -0.4 is 5.32 Å². The summed E-state index contributed by atoms with van der Waals surface area (Å²) >= 11 is 0. The fourth-order valence-electron chi connectivity index (χ4n) is 3.03. The summed E-state index contributed by atoms with van der Waals surface area (Å²) in [4.78, 5) is 0. The predicted molar refractivity (Wildman–Crippen MR) is 80.6 cm³/mol. The normalized spacial score (nSPS) is 23.4. The van der Waals surface area contributed by atoms with Gasteiger partial charge < -0.3 is 10.1 Å². The second-order valence-electron chi connectivity index (χ2n) is 5.61. The maximum absolute atomic E-state index is 5.07. The molecule has 2 rings (SSSR count). The number of rotatable bonds is 7. The lowest BCUT2D eigenvalue weighted by Gasteiger charge is -2.29. The molecule has 1 saturated carbocycles. The van der Waals surface area contributed by atoms with Crippen LogP contribution in [0.25, 0.3) is 0 Å². The molecule has 1 aliphatic carbocycles. The van der Waals surface area contributed by atoms with Crippen LogP contribution in [-0.4, -0.2) is 26.3 Å². The molecule has 0 unspecified atom stereocenters. The Morgan fingerprint density at radius 3 is 2.47 bits per heavy atom. The highest BCUT2D eigenvalue weighted by molar-refractivity contribution is 5.20. The van der Waals surface area contributed by atoms with Crippen LogP contribution in [0.4, 0.5) is 0 Å². The topological polar surface area (TPSA) is 21.3 Å². The molecule has 1 N–H and O–H groups in total. The van der Waals surface area contributed by atoms with Gasteiger partial charge in [-0.15, -0.1) is 0 Å². The predicted octanol–water partition coefficient (Wildman–Crippen LogP) is 3.73. The Labute approximate surface area is 117 Å². The van der Waals surface area contributed by atoms with Crippen LogP contribution in [0.5, 0.6) is 0 Å². The zero-order chi connectivity index (χ0) is 13.3. The first kappa shape index (κ1) is 14.5. The Hall–Kier alpha value is -0.860. The first-order valence-corrected chi connectivity index (χ1v) is 7.67. The molecule has 2 heteroatoms. The maximum atomic E-state index is 5.07.